The van der Waals surface area contributed by atoms with E-state index in [0.29, 0.717) is 6.10 Å². The molecular weight excluding hydrogens is 380 g/mol. The van der Waals surface area contributed by atoms with Gasteiger partial charge in [0.05, 0.1) is 24.4 Å². The van der Waals surface area contributed by atoms with Crippen molar-refractivity contribution in [3.63, 3.8) is 0 Å². The first kappa shape index (κ1) is 20.2. The fraction of sp³-hybridized carbons (Fsp3) is 0.375. The van der Waals surface area contributed by atoms with Crippen molar-refractivity contribution in [1.29, 1.82) is 0 Å². The summed E-state index contributed by atoms with van der Waals surface area (Å²) in [5.74, 6) is 0.852. The first-order chi connectivity index (χ1) is 14.2. The van der Waals surface area contributed by atoms with Gasteiger partial charge in [-0.1, -0.05) is 18.2 Å². The average Bonchev–Trinajstić information content (AvgIpc) is 2.78. The molecule has 1 saturated heterocycles. The fourth-order valence-electron chi connectivity index (χ4n) is 4.05. The molecule has 3 aromatic rings. The quantitative estimate of drug-likeness (QED) is 0.521. The smallest absolute Gasteiger partial charge is 0.119 e. The number of ether oxygens (including phenoxy) is 2. The normalized spacial score (nSPS) is 17.6. The van der Waals surface area contributed by atoms with Crippen molar-refractivity contribution in [1.82, 2.24) is 9.88 Å². The molecule has 4 rings (SSSR count). The van der Waals surface area contributed by atoms with Gasteiger partial charge in [0.1, 0.15) is 5.75 Å². The summed E-state index contributed by atoms with van der Waals surface area (Å²) in [6.45, 7) is 2.94. The fourth-order valence-corrected chi connectivity index (χ4v) is 4.48. The lowest BCUT2D eigenvalue weighted by Gasteiger charge is -2.32. The minimum atomic E-state index is 0.321. The lowest BCUT2D eigenvalue weighted by atomic mass is 10.0. The topological polar surface area (TPSA) is 34.6 Å². The highest BCUT2D eigenvalue weighted by Crippen LogP contribution is 2.31. The second-order valence-electron chi connectivity index (χ2n) is 7.52. The van der Waals surface area contributed by atoms with Gasteiger partial charge in [-0.15, -0.1) is 11.8 Å². The summed E-state index contributed by atoms with van der Waals surface area (Å²) in [5, 5.41) is 1.18. The van der Waals surface area contributed by atoms with E-state index in [-0.39, 0.29) is 0 Å². The van der Waals surface area contributed by atoms with Gasteiger partial charge >= 0.3 is 0 Å². The highest BCUT2D eigenvalue weighted by Gasteiger charge is 2.21. The maximum Gasteiger partial charge on any atom is 0.119 e. The second kappa shape index (κ2) is 9.16. The molecule has 5 heteroatoms. The van der Waals surface area contributed by atoms with Gasteiger partial charge in [0.25, 0.3) is 0 Å². The molecule has 152 valence electrons. The van der Waals surface area contributed by atoms with E-state index in [4.69, 9.17) is 14.5 Å². The van der Waals surface area contributed by atoms with Crippen LogP contribution in [0, 0.1) is 0 Å². The molecule has 2 heterocycles. The maximum atomic E-state index is 5.62. The molecule has 4 nitrogen and oxygen atoms in total. The van der Waals surface area contributed by atoms with Gasteiger partial charge in [0, 0.05) is 36.0 Å². The average molecular weight is 409 g/mol. The van der Waals surface area contributed by atoms with Crippen LogP contribution in [0.5, 0.6) is 5.75 Å². The molecule has 0 amide bonds. The molecule has 0 radical (unpaired) electrons. The Labute approximate surface area is 177 Å². The van der Waals surface area contributed by atoms with Gasteiger partial charge in [0.15, 0.2) is 0 Å². The van der Waals surface area contributed by atoms with Gasteiger partial charge in [0.2, 0.25) is 0 Å². The Morgan fingerprint density at radius 3 is 2.83 bits per heavy atom. The van der Waals surface area contributed by atoms with Crippen LogP contribution in [-0.4, -0.2) is 49.6 Å². The van der Waals surface area contributed by atoms with Crippen LogP contribution in [0.3, 0.4) is 0 Å². The van der Waals surface area contributed by atoms with E-state index in [0.717, 1.165) is 48.6 Å². The minimum Gasteiger partial charge on any atom is -0.497 e. The molecule has 0 bridgehead atoms. The number of nitrogens with zero attached hydrogens (tertiary/aromatic N) is 2. The number of rotatable bonds is 6. The van der Waals surface area contributed by atoms with E-state index in [1.54, 1.807) is 18.9 Å². The van der Waals surface area contributed by atoms with Crippen LogP contribution in [0.15, 0.2) is 53.4 Å². The van der Waals surface area contributed by atoms with Crippen molar-refractivity contribution in [2.75, 3.05) is 33.6 Å². The largest absolute Gasteiger partial charge is 0.497 e. The Hall–Kier alpha value is -2.08. The van der Waals surface area contributed by atoms with Crippen molar-refractivity contribution in [3.05, 3.63) is 54.1 Å². The summed E-state index contributed by atoms with van der Waals surface area (Å²) in [7, 11) is 3.52. The first-order valence-electron chi connectivity index (χ1n) is 10.1. The molecule has 1 fully saturated rings. The molecule has 0 aliphatic carbocycles. The first-order valence-corrected chi connectivity index (χ1v) is 11.3. The van der Waals surface area contributed by atoms with Crippen LogP contribution >= 0.6 is 11.8 Å². The number of methoxy groups -OCH3 is 2. The number of likely N-dealkylation sites (tertiary alicyclic amines) is 1. The van der Waals surface area contributed by atoms with Crippen LogP contribution in [0.1, 0.15) is 18.4 Å². The predicted molar refractivity (Wildman–Crippen MR) is 121 cm³/mol. The second-order valence-corrected chi connectivity index (χ2v) is 8.40. The van der Waals surface area contributed by atoms with Crippen molar-refractivity contribution in [2.24, 2.45) is 0 Å². The Bertz CT molecular complexity index is 992. The highest BCUT2D eigenvalue weighted by atomic mass is 32.2. The number of thioether (sulfide) groups is 1. The summed E-state index contributed by atoms with van der Waals surface area (Å²) >= 11 is 1.74. The minimum absolute atomic E-state index is 0.321. The van der Waals surface area contributed by atoms with E-state index in [9.17, 15) is 0 Å². The number of pyridine rings is 1. The van der Waals surface area contributed by atoms with Gasteiger partial charge in [-0.25, -0.2) is 4.98 Å². The Balaban J connectivity index is 1.77. The zero-order chi connectivity index (χ0) is 20.2. The van der Waals surface area contributed by atoms with Crippen molar-refractivity contribution >= 4 is 22.7 Å². The third kappa shape index (κ3) is 4.58. The summed E-state index contributed by atoms with van der Waals surface area (Å²) in [6.07, 6.45) is 4.73. The zero-order valence-corrected chi connectivity index (χ0v) is 18.2. The number of fused-ring (bicyclic) bond motifs is 1. The van der Waals surface area contributed by atoms with Crippen LogP contribution < -0.4 is 4.74 Å². The molecule has 29 heavy (non-hydrogen) atoms. The van der Waals surface area contributed by atoms with Crippen LogP contribution in [-0.2, 0) is 11.3 Å². The Morgan fingerprint density at radius 2 is 2.03 bits per heavy atom. The Kier molecular flexibility index (Phi) is 6.38. The summed E-state index contributed by atoms with van der Waals surface area (Å²) in [4.78, 5) is 8.82. The number of hydrogen-bond donors (Lipinski definition) is 0. The predicted octanol–water partition coefficient (Wildman–Crippen LogP) is 5.24. The van der Waals surface area contributed by atoms with Crippen LogP contribution in [0.4, 0.5) is 0 Å². The molecule has 1 aliphatic heterocycles. The molecule has 2 aromatic carbocycles. The van der Waals surface area contributed by atoms with Crippen LogP contribution in [0.2, 0.25) is 0 Å². The highest BCUT2D eigenvalue weighted by molar-refractivity contribution is 7.98. The number of benzene rings is 2. The van der Waals surface area contributed by atoms with Gasteiger partial charge in [-0.05, 0) is 61.5 Å². The summed E-state index contributed by atoms with van der Waals surface area (Å²) < 4.78 is 11.1. The third-order valence-corrected chi connectivity index (χ3v) is 6.36. The molecule has 1 atom stereocenters. The van der Waals surface area contributed by atoms with Crippen molar-refractivity contribution in [3.8, 4) is 17.0 Å². The zero-order valence-electron chi connectivity index (χ0n) is 17.4. The van der Waals surface area contributed by atoms with Gasteiger partial charge in [-0.2, -0.15) is 0 Å². The number of hydrogen-bond acceptors (Lipinski definition) is 5. The SMILES string of the molecule is COc1cccc(-c2nc3cc(SC)ccc3cc2CN2CCC[C@H](OC)C2)c1. The van der Waals surface area contributed by atoms with Crippen LogP contribution in [0.25, 0.3) is 22.2 Å². The Morgan fingerprint density at radius 1 is 1.14 bits per heavy atom. The molecular formula is C24H28N2O2S. The molecule has 0 N–H and O–H groups in total. The number of piperidine rings is 1. The van der Waals surface area contributed by atoms with E-state index < -0.39 is 0 Å². The standard InChI is InChI=1S/C24H28N2O2S/c1-27-20-7-4-6-18(13-20)24-19(15-26-11-5-8-21(16-26)28-2)12-17-9-10-22(29-3)14-23(17)25-24/h4,6-7,9-10,12-14,21H,5,8,11,15-16H2,1-3H3/t21-/m0/s1. The summed E-state index contributed by atoms with van der Waals surface area (Å²) in [5.41, 5.74) is 4.41. The van der Waals surface area contributed by atoms with E-state index in [1.165, 1.54) is 22.3 Å². The number of aromatic nitrogens is 1. The van der Waals surface area contributed by atoms with E-state index >= 15 is 0 Å². The summed E-state index contributed by atoms with van der Waals surface area (Å²) in [6, 6.07) is 17.0. The maximum absolute atomic E-state index is 5.62. The monoisotopic (exact) mass is 408 g/mol. The lowest BCUT2D eigenvalue weighted by molar-refractivity contribution is 0.0286. The van der Waals surface area contributed by atoms with Crippen molar-refractivity contribution < 1.29 is 9.47 Å². The lowest BCUT2D eigenvalue weighted by Crippen LogP contribution is -2.38. The molecule has 1 aliphatic rings. The molecule has 0 unspecified atom stereocenters. The van der Waals surface area contributed by atoms with E-state index in [1.807, 2.05) is 19.2 Å². The third-order valence-electron chi connectivity index (χ3n) is 5.64. The van der Waals surface area contributed by atoms with Gasteiger partial charge in [-0.3, -0.25) is 4.90 Å². The van der Waals surface area contributed by atoms with Crippen molar-refractivity contribution in [2.45, 2.75) is 30.4 Å². The molecule has 1 aromatic heterocycles. The molecule has 0 spiro atoms. The van der Waals surface area contributed by atoms with Gasteiger partial charge < -0.3 is 9.47 Å². The molecule has 0 saturated carbocycles. The van der Waals surface area contributed by atoms with E-state index in [2.05, 4.69) is 47.6 Å².